The molecule has 1 amide bonds. The maximum absolute atomic E-state index is 12.0. The minimum absolute atomic E-state index is 0.0274. The van der Waals surface area contributed by atoms with Gasteiger partial charge in [0.05, 0.1) is 23.2 Å². The largest absolute Gasteiger partial charge is 0.444 e. The van der Waals surface area contributed by atoms with Crippen LogP contribution in [0.4, 0.5) is 16.3 Å². The van der Waals surface area contributed by atoms with Gasteiger partial charge in [-0.15, -0.1) is 0 Å². The first-order valence-corrected chi connectivity index (χ1v) is 8.20. The number of anilines is 1. The molecule has 2 bridgehead atoms. The van der Waals surface area contributed by atoms with Gasteiger partial charge >= 0.3 is 11.8 Å². The molecule has 138 valence electrons. The molecule has 2 saturated heterocycles. The van der Waals surface area contributed by atoms with Gasteiger partial charge in [0.2, 0.25) is 5.82 Å². The highest BCUT2D eigenvalue weighted by molar-refractivity contribution is 5.68. The van der Waals surface area contributed by atoms with Crippen molar-refractivity contribution in [3.8, 4) is 0 Å². The van der Waals surface area contributed by atoms with Crippen LogP contribution in [0.1, 0.15) is 27.2 Å². The fourth-order valence-corrected chi connectivity index (χ4v) is 3.36. The van der Waals surface area contributed by atoms with Crippen molar-refractivity contribution in [2.45, 2.75) is 51.0 Å². The predicted octanol–water partition coefficient (Wildman–Crippen LogP) is 1.20. The van der Waals surface area contributed by atoms with Gasteiger partial charge in [0.25, 0.3) is 0 Å². The zero-order chi connectivity index (χ0) is 18.4. The van der Waals surface area contributed by atoms with Crippen LogP contribution in [-0.2, 0) is 16.5 Å². The maximum atomic E-state index is 12.0. The summed E-state index contributed by atoms with van der Waals surface area (Å²) in [6.07, 6.45) is 1.07. The molecule has 3 rings (SSSR count). The van der Waals surface area contributed by atoms with Gasteiger partial charge < -0.3 is 19.7 Å². The van der Waals surface area contributed by atoms with Crippen LogP contribution in [0.2, 0.25) is 0 Å². The van der Waals surface area contributed by atoms with Crippen LogP contribution in [0.15, 0.2) is 6.20 Å². The van der Waals surface area contributed by atoms with Crippen molar-refractivity contribution in [1.82, 2.24) is 15.1 Å². The lowest BCUT2D eigenvalue weighted by Crippen LogP contribution is -2.49. The highest BCUT2D eigenvalue weighted by atomic mass is 16.6. The molecule has 1 N–H and O–H groups in total. The Kier molecular flexibility index (Phi) is 4.31. The molecule has 0 aliphatic carbocycles. The lowest BCUT2D eigenvalue weighted by molar-refractivity contribution is -0.384. The van der Waals surface area contributed by atoms with Gasteiger partial charge in [-0.3, -0.25) is 10.1 Å². The van der Waals surface area contributed by atoms with Gasteiger partial charge in [-0.25, -0.2) is 9.48 Å². The van der Waals surface area contributed by atoms with Gasteiger partial charge in [-0.05, 0) is 27.2 Å². The number of nitrogens with zero attached hydrogens (tertiary/aromatic N) is 4. The zero-order valence-corrected chi connectivity index (χ0v) is 14.8. The molecule has 2 aliphatic heterocycles. The van der Waals surface area contributed by atoms with E-state index in [0.29, 0.717) is 25.3 Å². The topological polar surface area (TPSA) is 112 Å². The third-order valence-corrected chi connectivity index (χ3v) is 4.24. The highest BCUT2D eigenvalue weighted by Gasteiger charge is 2.44. The van der Waals surface area contributed by atoms with Crippen LogP contribution >= 0.6 is 0 Å². The van der Waals surface area contributed by atoms with Crippen LogP contribution < -0.4 is 10.2 Å². The van der Waals surface area contributed by atoms with Crippen LogP contribution in [0.5, 0.6) is 0 Å². The van der Waals surface area contributed by atoms with E-state index in [0.717, 1.165) is 0 Å². The number of morpholine rings is 1. The summed E-state index contributed by atoms with van der Waals surface area (Å²) in [5, 5.41) is 18.1. The number of aromatic nitrogens is 2. The molecule has 2 aliphatic rings. The number of nitro groups is 1. The van der Waals surface area contributed by atoms with E-state index in [4.69, 9.17) is 9.47 Å². The van der Waals surface area contributed by atoms with Crippen LogP contribution in [0.3, 0.4) is 0 Å². The summed E-state index contributed by atoms with van der Waals surface area (Å²) in [7, 11) is 1.68. The lowest BCUT2D eigenvalue weighted by Gasteiger charge is -2.33. The van der Waals surface area contributed by atoms with Crippen molar-refractivity contribution >= 4 is 17.6 Å². The van der Waals surface area contributed by atoms with Crippen molar-refractivity contribution in [3.05, 3.63) is 16.3 Å². The normalized spacial score (nSPS) is 25.8. The standard InChI is InChI=1S/C15H23N5O5/c1-15(2,3)25-14(21)17-10-5-9-7-19(8-12(10)24-9)13-11(20(22)23)6-16-18(13)4/h6,9-10,12H,5,7-8H2,1-4H3,(H,17,21). The summed E-state index contributed by atoms with van der Waals surface area (Å²) in [5.41, 5.74) is -0.597. The Balaban J connectivity index is 1.70. The number of ether oxygens (including phenoxy) is 2. The molecule has 10 nitrogen and oxygen atoms in total. The van der Waals surface area contributed by atoms with Gasteiger partial charge in [-0.1, -0.05) is 0 Å². The lowest BCUT2D eigenvalue weighted by atomic mass is 10.1. The number of amides is 1. The fraction of sp³-hybridized carbons (Fsp3) is 0.733. The average molecular weight is 353 g/mol. The average Bonchev–Trinajstić information content (AvgIpc) is 2.97. The van der Waals surface area contributed by atoms with E-state index in [9.17, 15) is 14.9 Å². The van der Waals surface area contributed by atoms with Crippen molar-refractivity contribution < 1.29 is 19.2 Å². The first-order valence-electron chi connectivity index (χ1n) is 8.20. The Labute approximate surface area is 145 Å². The second-order valence-electron chi connectivity index (χ2n) is 7.42. The Morgan fingerprint density at radius 3 is 2.84 bits per heavy atom. The van der Waals surface area contributed by atoms with Gasteiger partial charge in [0.1, 0.15) is 11.8 Å². The summed E-state index contributed by atoms with van der Waals surface area (Å²) in [6, 6.07) is -0.183. The molecular formula is C15H23N5O5. The third-order valence-electron chi connectivity index (χ3n) is 4.24. The van der Waals surface area contributed by atoms with Gasteiger partial charge in [0.15, 0.2) is 0 Å². The smallest absolute Gasteiger partial charge is 0.407 e. The summed E-state index contributed by atoms with van der Waals surface area (Å²) in [5.74, 6) is 0.459. The number of hydrogen-bond donors (Lipinski definition) is 1. The van der Waals surface area contributed by atoms with Crippen molar-refractivity contribution in [2.75, 3.05) is 18.0 Å². The number of nitrogens with one attached hydrogen (secondary N) is 1. The highest BCUT2D eigenvalue weighted by Crippen LogP contribution is 2.34. The van der Waals surface area contributed by atoms with Crippen molar-refractivity contribution in [1.29, 1.82) is 0 Å². The predicted molar refractivity (Wildman–Crippen MR) is 88.5 cm³/mol. The molecule has 2 fully saturated rings. The Hall–Kier alpha value is -2.36. The number of rotatable bonds is 3. The SMILES string of the molecule is Cn1ncc([N+](=O)[O-])c1N1CC2CC(NC(=O)OC(C)(C)C)C(C1)O2. The van der Waals surface area contributed by atoms with Crippen LogP contribution in [0.25, 0.3) is 0 Å². The van der Waals surface area contributed by atoms with Gasteiger partial charge in [-0.2, -0.15) is 5.10 Å². The van der Waals surface area contributed by atoms with E-state index >= 15 is 0 Å². The summed E-state index contributed by atoms with van der Waals surface area (Å²) >= 11 is 0. The second kappa shape index (κ2) is 6.17. The van der Waals surface area contributed by atoms with E-state index in [2.05, 4.69) is 10.4 Å². The van der Waals surface area contributed by atoms with Crippen molar-refractivity contribution in [3.63, 3.8) is 0 Å². The molecule has 0 radical (unpaired) electrons. The molecular weight excluding hydrogens is 330 g/mol. The first kappa shape index (κ1) is 17.5. The molecule has 3 unspecified atom stereocenters. The van der Waals surface area contributed by atoms with E-state index in [1.54, 1.807) is 27.8 Å². The van der Waals surface area contributed by atoms with E-state index in [-0.39, 0.29) is 23.9 Å². The fourth-order valence-electron chi connectivity index (χ4n) is 3.36. The molecule has 25 heavy (non-hydrogen) atoms. The molecule has 0 aromatic carbocycles. The number of hydrogen-bond acceptors (Lipinski definition) is 7. The number of carbonyl (C=O) groups is 1. The summed E-state index contributed by atoms with van der Waals surface area (Å²) in [6.45, 7) is 6.37. The minimum atomic E-state index is -0.569. The number of alkyl carbamates (subject to hydrolysis) is 1. The number of fused-ring (bicyclic) bond motifs is 2. The van der Waals surface area contributed by atoms with E-state index in [1.807, 2.05) is 4.90 Å². The monoisotopic (exact) mass is 353 g/mol. The van der Waals surface area contributed by atoms with Crippen LogP contribution in [-0.4, -0.2) is 57.7 Å². The van der Waals surface area contributed by atoms with Gasteiger partial charge in [0, 0.05) is 20.1 Å². The number of aryl methyl sites for hydroxylation is 1. The molecule has 0 spiro atoms. The third kappa shape index (κ3) is 3.68. The molecule has 3 heterocycles. The zero-order valence-electron chi connectivity index (χ0n) is 14.8. The maximum Gasteiger partial charge on any atom is 0.407 e. The Morgan fingerprint density at radius 2 is 2.20 bits per heavy atom. The number of carbonyl (C=O) groups excluding carboxylic acids is 1. The molecule has 0 saturated carbocycles. The Bertz CT molecular complexity index is 682. The van der Waals surface area contributed by atoms with E-state index in [1.165, 1.54) is 10.9 Å². The quantitative estimate of drug-likeness (QED) is 0.642. The summed E-state index contributed by atoms with van der Waals surface area (Å²) < 4.78 is 12.7. The second-order valence-corrected chi connectivity index (χ2v) is 7.42. The molecule has 1 aromatic rings. The van der Waals surface area contributed by atoms with E-state index < -0.39 is 16.6 Å². The summed E-state index contributed by atoms with van der Waals surface area (Å²) in [4.78, 5) is 24.7. The van der Waals surface area contributed by atoms with Crippen LogP contribution in [0, 0.1) is 10.1 Å². The van der Waals surface area contributed by atoms with Crippen molar-refractivity contribution in [2.24, 2.45) is 7.05 Å². The molecule has 10 heteroatoms. The minimum Gasteiger partial charge on any atom is -0.444 e. The Morgan fingerprint density at radius 1 is 1.48 bits per heavy atom. The first-order chi connectivity index (χ1) is 11.6. The molecule has 1 aromatic heterocycles. The molecule has 3 atom stereocenters.